The summed E-state index contributed by atoms with van der Waals surface area (Å²) in [5, 5.41) is 11.6. The van der Waals surface area contributed by atoms with E-state index in [1.807, 2.05) is 12.1 Å². The highest BCUT2D eigenvalue weighted by Crippen LogP contribution is 2.59. The van der Waals surface area contributed by atoms with E-state index in [2.05, 4.69) is 148 Å². The number of hydrogen-bond acceptors (Lipinski definition) is 2. The number of fused-ring (bicyclic) bond motifs is 10. The zero-order chi connectivity index (χ0) is 30.7. The van der Waals surface area contributed by atoms with E-state index < -0.39 is 5.41 Å². The van der Waals surface area contributed by atoms with Gasteiger partial charge in [0, 0.05) is 11.1 Å². The molecule has 1 spiro atoms. The number of anilines is 3. The first-order valence-corrected chi connectivity index (χ1v) is 16.0. The molecule has 0 unspecified atom stereocenters. The zero-order valence-electron chi connectivity index (χ0n) is 26.1. The van der Waals surface area contributed by atoms with E-state index in [0.29, 0.717) is 5.75 Å². The summed E-state index contributed by atoms with van der Waals surface area (Å²) >= 11 is 0. The molecule has 0 saturated heterocycles. The van der Waals surface area contributed by atoms with Crippen molar-refractivity contribution < 1.29 is 5.11 Å². The Labute approximate surface area is 265 Å². The minimum atomic E-state index is -0.551. The lowest BCUT2D eigenvalue weighted by atomic mass is 9.26. The topological polar surface area (TPSA) is 23.5 Å². The first-order valence-electron chi connectivity index (χ1n) is 16.0. The number of phenolic OH excluding ortho intramolecular Hbond substituents is 1. The van der Waals surface area contributed by atoms with E-state index in [4.69, 9.17) is 0 Å². The van der Waals surface area contributed by atoms with Crippen LogP contribution in [-0.4, -0.2) is 11.8 Å². The molecule has 45 heavy (non-hydrogen) atoms. The molecule has 216 valence electrons. The Morgan fingerprint density at radius 3 is 1.78 bits per heavy atom. The summed E-state index contributed by atoms with van der Waals surface area (Å²) in [7, 11) is 0. The molecule has 3 heteroatoms. The summed E-state index contributed by atoms with van der Waals surface area (Å²) < 4.78 is 0. The smallest absolute Gasteiger partial charge is 0.247 e. The molecule has 3 aliphatic rings. The van der Waals surface area contributed by atoms with Crippen LogP contribution in [0, 0.1) is 13.8 Å². The number of nitrogens with zero attached hydrogens (tertiary/aromatic N) is 1. The Morgan fingerprint density at radius 2 is 1.09 bits per heavy atom. The summed E-state index contributed by atoms with van der Waals surface area (Å²) in [4.78, 5) is 2.45. The standard InChI is InChI=1S/C42H34BNO/c1-26-20-22-36-33(24-26)42(34-25-27(2)21-23-37(34)44(36)28-12-6-5-7-13-28)29-14-8-9-18-35(29)43-39-30(15-10-17-32(39)42)41(3,4)31-16-11-19-38(45)40(31)43/h5-25,45H,1-4H3. The van der Waals surface area contributed by atoms with Crippen LogP contribution in [0.25, 0.3) is 0 Å². The summed E-state index contributed by atoms with van der Waals surface area (Å²) in [6, 6.07) is 46.8. The van der Waals surface area contributed by atoms with Crippen LogP contribution in [0.4, 0.5) is 17.1 Å². The Kier molecular flexibility index (Phi) is 5.29. The summed E-state index contributed by atoms with van der Waals surface area (Å²) in [6.45, 7) is 9.00. The molecule has 3 heterocycles. The first-order chi connectivity index (χ1) is 21.8. The third-order valence-electron chi connectivity index (χ3n) is 10.8. The van der Waals surface area contributed by atoms with E-state index in [1.165, 1.54) is 66.8 Å². The predicted octanol–water partition coefficient (Wildman–Crippen LogP) is 7.64. The summed E-state index contributed by atoms with van der Waals surface area (Å²) in [6.07, 6.45) is 0. The van der Waals surface area contributed by atoms with Gasteiger partial charge in [-0.25, -0.2) is 0 Å². The van der Waals surface area contributed by atoms with E-state index >= 15 is 0 Å². The van der Waals surface area contributed by atoms with Gasteiger partial charge in [0.2, 0.25) is 6.71 Å². The Bertz CT molecular complexity index is 2140. The average molecular weight is 580 g/mol. The number of para-hydroxylation sites is 1. The van der Waals surface area contributed by atoms with Crippen LogP contribution in [0.3, 0.4) is 0 Å². The van der Waals surface area contributed by atoms with Crippen molar-refractivity contribution in [3.05, 3.63) is 172 Å². The second kappa shape index (κ2) is 9.02. The molecular weight excluding hydrogens is 545 g/mol. The summed E-state index contributed by atoms with van der Waals surface area (Å²) in [5.74, 6) is 0.378. The fourth-order valence-corrected chi connectivity index (χ4v) is 8.99. The van der Waals surface area contributed by atoms with Gasteiger partial charge in [0.15, 0.2) is 0 Å². The molecular formula is C42H34BNO. The van der Waals surface area contributed by atoms with E-state index in [0.717, 1.165) is 11.2 Å². The zero-order valence-corrected chi connectivity index (χ0v) is 26.1. The number of benzene rings is 6. The second-order valence-electron chi connectivity index (χ2n) is 13.6. The van der Waals surface area contributed by atoms with Crippen LogP contribution in [0.5, 0.6) is 5.75 Å². The fraction of sp³-hybridized carbons (Fsp3) is 0.143. The van der Waals surface area contributed by atoms with Gasteiger partial charge in [0.25, 0.3) is 0 Å². The number of aromatic hydroxyl groups is 1. The van der Waals surface area contributed by atoms with Crippen molar-refractivity contribution in [3.8, 4) is 5.75 Å². The van der Waals surface area contributed by atoms with Gasteiger partial charge in [-0.3, -0.25) is 0 Å². The highest BCUT2D eigenvalue weighted by Gasteiger charge is 2.56. The number of aryl methyl sites for hydroxylation is 2. The lowest BCUT2D eigenvalue weighted by molar-refractivity contribution is 0.477. The predicted molar refractivity (Wildman–Crippen MR) is 187 cm³/mol. The molecule has 0 atom stereocenters. The van der Waals surface area contributed by atoms with E-state index in [1.54, 1.807) is 0 Å². The molecule has 9 rings (SSSR count). The maximum Gasteiger partial charge on any atom is 0.247 e. The third-order valence-corrected chi connectivity index (χ3v) is 10.8. The van der Waals surface area contributed by atoms with Crippen LogP contribution < -0.4 is 21.3 Å². The minimum absolute atomic E-state index is 0.0593. The lowest BCUT2D eigenvalue weighted by Gasteiger charge is -2.53. The normalized spacial score (nSPS) is 15.9. The van der Waals surface area contributed by atoms with Crippen LogP contribution in [0.1, 0.15) is 58.4 Å². The quantitative estimate of drug-likeness (QED) is 0.202. The Balaban J connectivity index is 1.50. The summed E-state index contributed by atoms with van der Waals surface area (Å²) in [5.41, 5.74) is 16.6. The molecule has 0 saturated carbocycles. The number of phenols is 1. The molecule has 0 aliphatic carbocycles. The van der Waals surface area contributed by atoms with E-state index in [-0.39, 0.29) is 12.1 Å². The molecule has 0 radical (unpaired) electrons. The van der Waals surface area contributed by atoms with Gasteiger partial charge in [0.1, 0.15) is 5.75 Å². The Hall–Kier alpha value is -5.02. The van der Waals surface area contributed by atoms with Gasteiger partial charge in [-0.15, -0.1) is 0 Å². The molecule has 0 aromatic heterocycles. The molecule has 6 aromatic rings. The third kappa shape index (κ3) is 3.26. The van der Waals surface area contributed by atoms with Gasteiger partial charge in [-0.2, -0.15) is 0 Å². The van der Waals surface area contributed by atoms with Crippen molar-refractivity contribution in [1.82, 2.24) is 0 Å². The lowest BCUT2D eigenvalue weighted by Crippen LogP contribution is -2.67. The SMILES string of the molecule is Cc1ccc2c(c1)C1(c3ccccc3B3c4c(O)cccc4C(C)(C)c4cccc1c43)c1cc(C)ccc1N2c1ccccc1. The van der Waals surface area contributed by atoms with Gasteiger partial charge in [-0.1, -0.05) is 133 Å². The van der Waals surface area contributed by atoms with Crippen molar-refractivity contribution in [2.45, 2.75) is 38.5 Å². The monoisotopic (exact) mass is 579 g/mol. The van der Waals surface area contributed by atoms with Crippen LogP contribution in [-0.2, 0) is 10.8 Å². The van der Waals surface area contributed by atoms with Crippen molar-refractivity contribution >= 4 is 40.2 Å². The van der Waals surface area contributed by atoms with Crippen LogP contribution in [0.2, 0.25) is 0 Å². The van der Waals surface area contributed by atoms with Crippen molar-refractivity contribution in [1.29, 1.82) is 0 Å². The minimum Gasteiger partial charge on any atom is -0.508 e. The van der Waals surface area contributed by atoms with Crippen molar-refractivity contribution in [2.24, 2.45) is 0 Å². The van der Waals surface area contributed by atoms with Crippen molar-refractivity contribution in [3.63, 3.8) is 0 Å². The van der Waals surface area contributed by atoms with Crippen LogP contribution in [0.15, 0.2) is 127 Å². The van der Waals surface area contributed by atoms with Gasteiger partial charge in [0.05, 0.1) is 16.8 Å². The number of rotatable bonds is 1. The Morgan fingerprint density at radius 1 is 0.533 bits per heavy atom. The molecule has 0 fully saturated rings. The second-order valence-corrected chi connectivity index (χ2v) is 13.6. The first kappa shape index (κ1) is 26.4. The molecule has 2 nitrogen and oxygen atoms in total. The fourth-order valence-electron chi connectivity index (χ4n) is 8.99. The van der Waals surface area contributed by atoms with Crippen molar-refractivity contribution in [2.75, 3.05) is 4.90 Å². The highest BCUT2D eigenvalue weighted by molar-refractivity contribution is 6.98. The maximum absolute atomic E-state index is 11.6. The number of hydrogen-bond donors (Lipinski definition) is 1. The van der Waals surface area contributed by atoms with Gasteiger partial charge < -0.3 is 10.0 Å². The maximum atomic E-state index is 11.6. The molecule has 3 aliphatic heterocycles. The highest BCUT2D eigenvalue weighted by atomic mass is 16.3. The molecule has 1 N–H and O–H groups in total. The molecule has 0 bridgehead atoms. The average Bonchev–Trinajstić information content (AvgIpc) is 3.05. The molecule has 6 aromatic carbocycles. The largest absolute Gasteiger partial charge is 0.508 e. The van der Waals surface area contributed by atoms with Gasteiger partial charge >= 0.3 is 0 Å². The molecule has 0 amide bonds. The van der Waals surface area contributed by atoms with Gasteiger partial charge in [-0.05, 0) is 83.0 Å². The van der Waals surface area contributed by atoms with E-state index in [9.17, 15) is 5.11 Å². The van der Waals surface area contributed by atoms with Crippen LogP contribution >= 0.6 is 0 Å².